The molecule has 0 radical (unpaired) electrons. The van der Waals surface area contributed by atoms with Crippen LogP contribution in [0.2, 0.25) is 5.02 Å². The fourth-order valence-corrected chi connectivity index (χ4v) is 3.53. The summed E-state index contributed by atoms with van der Waals surface area (Å²) in [4.78, 5) is 28.5. The molecule has 1 atom stereocenters. The van der Waals surface area contributed by atoms with Crippen LogP contribution in [0.3, 0.4) is 0 Å². The van der Waals surface area contributed by atoms with E-state index in [1.807, 2.05) is 42.5 Å². The van der Waals surface area contributed by atoms with Gasteiger partial charge in [0.25, 0.3) is 0 Å². The van der Waals surface area contributed by atoms with E-state index < -0.39 is 0 Å². The summed E-state index contributed by atoms with van der Waals surface area (Å²) in [5.74, 6) is -0.211. The molecule has 2 aromatic carbocycles. The van der Waals surface area contributed by atoms with E-state index in [9.17, 15) is 9.59 Å². The summed E-state index contributed by atoms with van der Waals surface area (Å²) in [6.45, 7) is 1.60. The van der Waals surface area contributed by atoms with Crippen LogP contribution in [-0.2, 0) is 22.6 Å². The molecule has 0 spiro atoms. The Bertz CT molecular complexity index is 779. The van der Waals surface area contributed by atoms with Crippen molar-refractivity contribution in [1.29, 1.82) is 0 Å². The molecule has 0 saturated carbocycles. The molecular formula is C21H23ClN2O2. The molecule has 136 valence electrons. The summed E-state index contributed by atoms with van der Waals surface area (Å²) in [7, 11) is 1.77. The number of rotatable bonds is 6. The van der Waals surface area contributed by atoms with Gasteiger partial charge in [0.15, 0.2) is 0 Å². The summed E-state index contributed by atoms with van der Waals surface area (Å²) in [6.07, 6.45) is 1.10. The molecule has 2 amide bonds. The number of hydrogen-bond acceptors (Lipinski definition) is 2. The molecule has 1 saturated heterocycles. The monoisotopic (exact) mass is 370 g/mol. The second-order valence-corrected chi connectivity index (χ2v) is 7.17. The molecule has 0 aromatic heterocycles. The van der Waals surface area contributed by atoms with Crippen molar-refractivity contribution in [3.8, 4) is 0 Å². The van der Waals surface area contributed by atoms with Crippen LogP contribution in [0.15, 0.2) is 54.6 Å². The lowest BCUT2D eigenvalue weighted by Crippen LogP contribution is -2.34. The zero-order valence-electron chi connectivity index (χ0n) is 14.9. The van der Waals surface area contributed by atoms with E-state index in [0.29, 0.717) is 31.1 Å². The SMILES string of the molecule is CN(Cc1ccccc1Cl)C(=O)[C@@H]1CC(=O)N(CCc2ccccc2)C1. The molecule has 0 unspecified atom stereocenters. The van der Waals surface area contributed by atoms with Gasteiger partial charge in [-0.15, -0.1) is 0 Å². The Morgan fingerprint density at radius 2 is 1.85 bits per heavy atom. The van der Waals surface area contributed by atoms with Crippen molar-refractivity contribution >= 4 is 23.4 Å². The molecule has 3 rings (SSSR count). The number of carbonyl (C=O) groups excluding carboxylic acids is 2. The number of likely N-dealkylation sites (tertiary alicyclic amines) is 1. The molecule has 26 heavy (non-hydrogen) atoms. The smallest absolute Gasteiger partial charge is 0.228 e. The van der Waals surface area contributed by atoms with Crippen molar-refractivity contribution in [1.82, 2.24) is 9.80 Å². The molecule has 5 heteroatoms. The highest BCUT2D eigenvalue weighted by atomic mass is 35.5. The first kappa shape index (κ1) is 18.5. The van der Waals surface area contributed by atoms with Crippen LogP contribution in [0.5, 0.6) is 0 Å². The summed E-state index contributed by atoms with van der Waals surface area (Å²) < 4.78 is 0. The van der Waals surface area contributed by atoms with E-state index in [1.54, 1.807) is 16.8 Å². The van der Waals surface area contributed by atoms with Gasteiger partial charge in [0.1, 0.15) is 0 Å². The quantitative estimate of drug-likeness (QED) is 0.782. The van der Waals surface area contributed by atoms with E-state index in [0.717, 1.165) is 12.0 Å². The maximum atomic E-state index is 12.7. The minimum Gasteiger partial charge on any atom is -0.342 e. The average Bonchev–Trinajstić information content (AvgIpc) is 3.03. The molecule has 1 heterocycles. The van der Waals surface area contributed by atoms with Crippen molar-refractivity contribution in [2.45, 2.75) is 19.4 Å². The summed E-state index contributed by atoms with van der Waals surface area (Å²) in [5.41, 5.74) is 2.11. The molecule has 4 nitrogen and oxygen atoms in total. The number of nitrogens with zero attached hydrogens (tertiary/aromatic N) is 2. The lowest BCUT2D eigenvalue weighted by atomic mass is 10.1. The molecular weight excluding hydrogens is 348 g/mol. The second kappa shape index (κ2) is 8.37. The first-order valence-electron chi connectivity index (χ1n) is 8.84. The van der Waals surface area contributed by atoms with E-state index in [2.05, 4.69) is 12.1 Å². The standard InChI is InChI=1S/C21H23ClN2O2/c1-23(14-17-9-5-6-10-19(17)22)21(26)18-13-20(25)24(15-18)12-11-16-7-3-2-4-8-16/h2-10,18H,11-15H2,1H3/t18-/m1/s1. The Kier molecular flexibility index (Phi) is 5.94. The summed E-state index contributed by atoms with van der Waals surface area (Å²) in [6, 6.07) is 17.6. The van der Waals surface area contributed by atoms with E-state index >= 15 is 0 Å². The number of halogens is 1. The van der Waals surface area contributed by atoms with Gasteiger partial charge in [0.2, 0.25) is 11.8 Å². The van der Waals surface area contributed by atoms with Crippen LogP contribution in [0.1, 0.15) is 17.5 Å². The van der Waals surface area contributed by atoms with Gasteiger partial charge >= 0.3 is 0 Å². The van der Waals surface area contributed by atoms with Crippen molar-refractivity contribution in [3.05, 3.63) is 70.7 Å². The number of hydrogen-bond donors (Lipinski definition) is 0. The van der Waals surface area contributed by atoms with Crippen LogP contribution in [0.4, 0.5) is 0 Å². The largest absolute Gasteiger partial charge is 0.342 e. The number of carbonyl (C=O) groups is 2. The fourth-order valence-electron chi connectivity index (χ4n) is 3.33. The lowest BCUT2D eigenvalue weighted by molar-refractivity contribution is -0.135. The molecule has 0 bridgehead atoms. The van der Waals surface area contributed by atoms with Crippen LogP contribution in [0.25, 0.3) is 0 Å². The summed E-state index contributed by atoms with van der Waals surface area (Å²) >= 11 is 6.18. The summed E-state index contributed by atoms with van der Waals surface area (Å²) in [5, 5.41) is 0.652. The predicted molar refractivity (Wildman–Crippen MR) is 103 cm³/mol. The Morgan fingerprint density at radius 1 is 1.15 bits per heavy atom. The van der Waals surface area contributed by atoms with E-state index in [-0.39, 0.29) is 17.7 Å². The van der Waals surface area contributed by atoms with Gasteiger partial charge in [-0.2, -0.15) is 0 Å². The molecule has 1 aliphatic heterocycles. The number of benzene rings is 2. The minimum absolute atomic E-state index is 0.000445. The van der Waals surface area contributed by atoms with Crippen molar-refractivity contribution in [2.24, 2.45) is 5.92 Å². The third kappa shape index (κ3) is 4.44. The average molecular weight is 371 g/mol. The van der Waals surface area contributed by atoms with Gasteiger partial charge in [-0.25, -0.2) is 0 Å². The second-order valence-electron chi connectivity index (χ2n) is 6.76. The molecule has 0 N–H and O–H groups in total. The maximum Gasteiger partial charge on any atom is 0.228 e. The Hall–Kier alpha value is -2.33. The predicted octanol–water partition coefficient (Wildman–Crippen LogP) is 3.39. The van der Waals surface area contributed by atoms with Crippen LogP contribution < -0.4 is 0 Å². The lowest BCUT2D eigenvalue weighted by Gasteiger charge is -2.22. The highest BCUT2D eigenvalue weighted by Crippen LogP contribution is 2.22. The molecule has 1 aliphatic rings. The highest BCUT2D eigenvalue weighted by molar-refractivity contribution is 6.31. The maximum absolute atomic E-state index is 12.7. The van der Waals surface area contributed by atoms with Gasteiger partial charge in [0.05, 0.1) is 5.92 Å². The molecule has 1 fully saturated rings. The molecule has 0 aliphatic carbocycles. The first-order valence-corrected chi connectivity index (χ1v) is 9.22. The Labute approximate surface area is 159 Å². The van der Waals surface area contributed by atoms with Gasteiger partial charge < -0.3 is 9.80 Å². The topological polar surface area (TPSA) is 40.6 Å². The number of amides is 2. The van der Waals surface area contributed by atoms with Gasteiger partial charge in [-0.05, 0) is 23.6 Å². The fraction of sp³-hybridized carbons (Fsp3) is 0.333. The van der Waals surface area contributed by atoms with Crippen LogP contribution >= 0.6 is 11.6 Å². The van der Waals surface area contributed by atoms with E-state index in [1.165, 1.54) is 5.56 Å². The van der Waals surface area contributed by atoms with Crippen molar-refractivity contribution < 1.29 is 9.59 Å². The van der Waals surface area contributed by atoms with Gasteiger partial charge in [0, 0.05) is 38.1 Å². The Morgan fingerprint density at radius 3 is 2.58 bits per heavy atom. The first-order chi connectivity index (χ1) is 12.5. The van der Waals surface area contributed by atoms with Gasteiger partial charge in [-0.1, -0.05) is 60.1 Å². The highest BCUT2D eigenvalue weighted by Gasteiger charge is 2.35. The third-order valence-electron chi connectivity index (χ3n) is 4.82. The molecule has 2 aromatic rings. The van der Waals surface area contributed by atoms with E-state index in [4.69, 9.17) is 11.6 Å². The van der Waals surface area contributed by atoms with Gasteiger partial charge in [-0.3, -0.25) is 9.59 Å². The van der Waals surface area contributed by atoms with Crippen molar-refractivity contribution in [3.63, 3.8) is 0 Å². The normalized spacial score (nSPS) is 16.8. The minimum atomic E-state index is -0.272. The zero-order chi connectivity index (χ0) is 18.5. The van der Waals surface area contributed by atoms with Crippen LogP contribution in [0, 0.1) is 5.92 Å². The zero-order valence-corrected chi connectivity index (χ0v) is 15.7. The third-order valence-corrected chi connectivity index (χ3v) is 5.19. The van der Waals surface area contributed by atoms with Crippen molar-refractivity contribution in [2.75, 3.05) is 20.1 Å². The van der Waals surface area contributed by atoms with Crippen LogP contribution in [-0.4, -0.2) is 41.8 Å². The Balaban J connectivity index is 1.55.